The lowest BCUT2D eigenvalue weighted by Crippen LogP contribution is -2.11. The van der Waals surface area contributed by atoms with Crippen LogP contribution < -0.4 is 0 Å². The summed E-state index contributed by atoms with van der Waals surface area (Å²) < 4.78 is 42.4. The normalized spacial score (nSPS) is 11.0. The molecular formula is C12H11F3O2. The summed E-state index contributed by atoms with van der Waals surface area (Å²) in [5, 5.41) is 0. The molecule has 92 valence electrons. The lowest BCUT2D eigenvalue weighted by Gasteiger charge is -2.12. The number of ether oxygens (including phenoxy) is 1. The van der Waals surface area contributed by atoms with E-state index in [1.165, 1.54) is 18.2 Å². The van der Waals surface area contributed by atoms with Gasteiger partial charge in [0.1, 0.15) is 0 Å². The zero-order valence-electron chi connectivity index (χ0n) is 8.96. The summed E-state index contributed by atoms with van der Waals surface area (Å²) in [6.45, 7) is 3.09. The summed E-state index contributed by atoms with van der Waals surface area (Å²) in [6, 6.07) is 5.21. The van der Waals surface area contributed by atoms with Crippen LogP contribution in [0.3, 0.4) is 0 Å². The first kappa shape index (κ1) is 13.3. The molecule has 2 nitrogen and oxygen atoms in total. The average molecular weight is 244 g/mol. The lowest BCUT2D eigenvalue weighted by atomic mass is 10.0. The van der Waals surface area contributed by atoms with Crippen LogP contribution in [0.2, 0.25) is 0 Å². The second-order valence-corrected chi connectivity index (χ2v) is 3.28. The van der Waals surface area contributed by atoms with Gasteiger partial charge in [0.2, 0.25) is 0 Å². The largest absolute Gasteiger partial charge is 0.462 e. The summed E-state index contributed by atoms with van der Waals surface area (Å²) in [4.78, 5) is 10.7. The molecule has 17 heavy (non-hydrogen) atoms. The van der Waals surface area contributed by atoms with Crippen molar-refractivity contribution in [3.05, 3.63) is 48.0 Å². The topological polar surface area (TPSA) is 26.3 Å². The predicted molar refractivity (Wildman–Crippen MR) is 56.3 cm³/mol. The van der Waals surface area contributed by atoms with Crippen LogP contribution in [0.15, 0.2) is 36.9 Å². The van der Waals surface area contributed by atoms with Crippen LogP contribution in [-0.4, -0.2) is 12.6 Å². The van der Waals surface area contributed by atoms with Gasteiger partial charge in [0.15, 0.2) is 0 Å². The van der Waals surface area contributed by atoms with E-state index in [-0.39, 0.29) is 18.6 Å². The van der Waals surface area contributed by atoms with E-state index in [2.05, 4.69) is 11.3 Å². The maximum atomic E-state index is 12.6. The molecule has 0 amide bonds. The maximum absolute atomic E-state index is 12.6. The highest BCUT2D eigenvalue weighted by atomic mass is 19.4. The molecule has 5 heteroatoms. The molecule has 1 aromatic rings. The molecule has 0 aliphatic carbocycles. The Bertz CT molecular complexity index is 410. The quantitative estimate of drug-likeness (QED) is 0.601. The monoisotopic (exact) mass is 244 g/mol. The molecular weight excluding hydrogens is 233 g/mol. The fourth-order valence-corrected chi connectivity index (χ4v) is 1.34. The third-order valence-corrected chi connectivity index (χ3v) is 2.11. The van der Waals surface area contributed by atoms with E-state index in [4.69, 9.17) is 0 Å². The molecule has 0 radical (unpaired) electrons. The number of alkyl halides is 3. The first-order chi connectivity index (χ1) is 7.95. The molecule has 1 rings (SSSR count). The van der Waals surface area contributed by atoms with Crippen LogP contribution in [0.1, 0.15) is 11.1 Å². The number of benzene rings is 1. The molecule has 0 aliphatic heterocycles. The Morgan fingerprint density at radius 2 is 2.00 bits per heavy atom. The van der Waals surface area contributed by atoms with Crippen LogP contribution in [0.25, 0.3) is 0 Å². The summed E-state index contributed by atoms with van der Waals surface area (Å²) in [5.74, 6) is -0.644. The molecule has 0 saturated heterocycles. The Balaban J connectivity index is 2.71. The van der Waals surface area contributed by atoms with Crippen molar-refractivity contribution in [3.8, 4) is 0 Å². The minimum absolute atomic E-state index is 0.0231. The van der Waals surface area contributed by atoms with Gasteiger partial charge in [-0.15, -0.1) is 0 Å². The first-order valence-electron chi connectivity index (χ1n) is 4.89. The SMILES string of the molecule is C=CC(=O)OCCc1ccccc1C(F)(F)F. The molecule has 1 aromatic carbocycles. The number of hydrogen-bond acceptors (Lipinski definition) is 2. The van der Waals surface area contributed by atoms with Crippen molar-refractivity contribution in [3.63, 3.8) is 0 Å². The van der Waals surface area contributed by atoms with Gasteiger partial charge in [-0.2, -0.15) is 13.2 Å². The standard InChI is InChI=1S/C12H11F3O2/c1-2-11(16)17-8-7-9-5-3-4-6-10(9)12(13,14)15/h2-6H,1,7-8H2. The number of hydrogen-bond donors (Lipinski definition) is 0. The molecule has 0 bridgehead atoms. The summed E-state index contributed by atoms with van der Waals surface area (Å²) in [7, 11) is 0. The Hall–Kier alpha value is -1.78. The highest BCUT2D eigenvalue weighted by Gasteiger charge is 2.32. The maximum Gasteiger partial charge on any atom is 0.416 e. The fraction of sp³-hybridized carbons (Fsp3) is 0.250. The molecule has 0 aliphatic rings. The average Bonchev–Trinajstić information content (AvgIpc) is 2.28. The van der Waals surface area contributed by atoms with E-state index in [9.17, 15) is 18.0 Å². The van der Waals surface area contributed by atoms with Gasteiger partial charge in [-0.3, -0.25) is 0 Å². The van der Waals surface area contributed by atoms with Crippen molar-refractivity contribution in [2.45, 2.75) is 12.6 Å². The van der Waals surface area contributed by atoms with Gasteiger partial charge in [-0.1, -0.05) is 24.8 Å². The van der Waals surface area contributed by atoms with Gasteiger partial charge >= 0.3 is 12.1 Å². The summed E-state index contributed by atoms with van der Waals surface area (Å²) >= 11 is 0. The highest BCUT2D eigenvalue weighted by Crippen LogP contribution is 2.31. The van der Waals surface area contributed by atoms with Crippen LogP contribution in [0, 0.1) is 0 Å². The zero-order valence-corrected chi connectivity index (χ0v) is 8.96. The minimum atomic E-state index is -4.39. The van der Waals surface area contributed by atoms with Crippen molar-refractivity contribution < 1.29 is 22.7 Å². The van der Waals surface area contributed by atoms with E-state index < -0.39 is 17.7 Å². The highest BCUT2D eigenvalue weighted by molar-refractivity contribution is 5.81. The van der Waals surface area contributed by atoms with Crippen LogP contribution in [0.5, 0.6) is 0 Å². The van der Waals surface area contributed by atoms with Crippen molar-refractivity contribution in [2.75, 3.05) is 6.61 Å². The molecule has 0 fully saturated rings. The lowest BCUT2D eigenvalue weighted by molar-refractivity contribution is -0.138. The smallest absolute Gasteiger partial charge is 0.416 e. The van der Waals surface area contributed by atoms with E-state index in [0.29, 0.717) is 0 Å². The van der Waals surface area contributed by atoms with E-state index >= 15 is 0 Å². The second kappa shape index (κ2) is 5.52. The molecule has 0 unspecified atom stereocenters. The zero-order chi connectivity index (χ0) is 12.9. The van der Waals surface area contributed by atoms with Crippen LogP contribution in [0.4, 0.5) is 13.2 Å². The first-order valence-corrected chi connectivity index (χ1v) is 4.89. The van der Waals surface area contributed by atoms with Gasteiger partial charge in [0, 0.05) is 12.5 Å². The molecule has 0 spiro atoms. The van der Waals surface area contributed by atoms with Gasteiger partial charge in [-0.25, -0.2) is 4.79 Å². The molecule has 0 aromatic heterocycles. The Labute approximate surface area is 96.7 Å². The van der Waals surface area contributed by atoms with Gasteiger partial charge in [-0.05, 0) is 11.6 Å². The number of carbonyl (C=O) groups is 1. The van der Waals surface area contributed by atoms with Crippen molar-refractivity contribution >= 4 is 5.97 Å². The number of halogens is 3. The summed E-state index contributed by atoms with van der Waals surface area (Å²) in [6.07, 6.45) is -3.40. The Morgan fingerprint density at radius 3 is 2.59 bits per heavy atom. The van der Waals surface area contributed by atoms with E-state index in [1.807, 2.05) is 0 Å². The Morgan fingerprint density at radius 1 is 1.35 bits per heavy atom. The minimum Gasteiger partial charge on any atom is -0.462 e. The van der Waals surface area contributed by atoms with Gasteiger partial charge in [0.05, 0.1) is 12.2 Å². The van der Waals surface area contributed by atoms with E-state index in [1.54, 1.807) is 0 Å². The second-order valence-electron chi connectivity index (χ2n) is 3.28. The van der Waals surface area contributed by atoms with Crippen molar-refractivity contribution in [1.82, 2.24) is 0 Å². The van der Waals surface area contributed by atoms with E-state index in [0.717, 1.165) is 12.1 Å². The number of rotatable bonds is 4. The van der Waals surface area contributed by atoms with Crippen molar-refractivity contribution in [2.24, 2.45) is 0 Å². The van der Waals surface area contributed by atoms with Gasteiger partial charge < -0.3 is 4.74 Å². The fourth-order valence-electron chi connectivity index (χ4n) is 1.34. The van der Waals surface area contributed by atoms with Gasteiger partial charge in [0.25, 0.3) is 0 Å². The van der Waals surface area contributed by atoms with Crippen molar-refractivity contribution in [1.29, 1.82) is 0 Å². The van der Waals surface area contributed by atoms with Crippen LogP contribution in [-0.2, 0) is 22.1 Å². The van der Waals surface area contributed by atoms with Crippen LogP contribution >= 0.6 is 0 Å². The third-order valence-electron chi connectivity index (χ3n) is 2.11. The molecule has 0 atom stereocenters. The molecule has 0 saturated carbocycles. The number of carbonyl (C=O) groups excluding carboxylic acids is 1. The molecule has 0 heterocycles. The number of esters is 1. The Kier molecular flexibility index (Phi) is 4.31. The predicted octanol–water partition coefficient (Wildman–Crippen LogP) is 2.98. The molecule has 0 N–H and O–H groups in total. The third kappa shape index (κ3) is 3.94. The summed E-state index contributed by atoms with van der Waals surface area (Å²) in [5.41, 5.74) is -0.591.